The van der Waals surface area contributed by atoms with Crippen LogP contribution in [0.3, 0.4) is 0 Å². The van der Waals surface area contributed by atoms with E-state index in [1.165, 1.54) is 0 Å². The van der Waals surface area contributed by atoms with Gasteiger partial charge in [0.2, 0.25) is 0 Å². The van der Waals surface area contributed by atoms with Gasteiger partial charge in [0.25, 0.3) is 0 Å². The van der Waals surface area contributed by atoms with Crippen molar-refractivity contribution in [2.45, 2.75) is 50.3 Å². The molecule has 0 bridgehead atoms. The third-order valence-electron chi connectivity index (χ3n) is 6.50. The number of benzene rings is 2. The third kappa shape index (κ3) is 3.03. The first-order valence-corrected chi connectivity index (χ1v) is 10.3. The maximum Gasteiger partial charge on any atom is 0.411 e. The first kappa shape index (κ1) is 18.0. The predicted molar refractivity (Wildman–Crippen MR) is 111 cm³/mol. The molecule has 1 atom stereocenters. The van der Waals surface area contributed by atoms with Crippen LogP contribution in [0.15, 0.2) is 59.4 Å². The lowest BCUT2D eigenvalue weighted by Crippen LogP contribution is -2.41. The molecule has 1 N–H and O–H groups in total. The summed E-state index contributed by atoms with van der Waals surface area (Å²) < 4.78 is 7.69. The standard InChI is InChI=1S/C23H25N3O3/c1-23(16-7-3-2-4-8-16)15-25(22(28)29-23)17-11-13-18(14-12-17)26-20-10-6-5-9-19(20)24-21(26)27/h2-10,17-18H,11-15H2,1H3,(H,24,27). The van der Waals surface area contributed by atoms with Crippen LogP contribution in [0.4, 0.5) is 4.79 Å². The van der Waals surface area contributed by atoms with Gasteiger partial charge in [0.1, 0.15) is 0 Å². The van der Waals surface area contributed by atoms with Crippen molar-refractivity contribution in [1.29, 1.82) is 0 Å². The molecule has 6 nitrogen and oxygen atoms in total. The Balaban J connectivity index is 1.31. The van der Waals surface area contributed by atoms with Crippen LogP contribution >= 0.6 is 0 Å². The number of cyclic esters (lactones) is 1. The number of hydrogen-bond donors (Lipinski definition) is 1. The van der Waals surface area contributed by atoms with Gasteiger partial charge in [-0.3, -0.25) is 4.57 Å². The first-order chi connectivity index (χ1) is 14.0. The average molecular weight is 391 g/mol. The highest BCUT2D eigenvalue weighted by Gasteiger charge is 2.46. The molecule has 1 amide bonds. The second kappa shape index (κ2) is 6.79. The van der Waals surface area contributed by atoms with Crippen LogP contribution < -0.4 is 5.69 Å². The third-order valence-corrected chi connectivity index (χ3v) is 6.50. The number of nitrogens with zero attached hydrogens (tertiary/aromatic N) is 2. The van der Waals surface area contributed by atoms with E-state index in [9.17, 15) is 9.59 Å². The fraction of sp³-hybridized carbons (Fsp3) is 0.391. The van der Waals surface area contributed by atoms with Gasteiger partial charge in [-0.2, -0.15) is 0 Å². The van der Waals surface area contributed by atoms with E-state index in [-0.39, 0.29) is 23.9 Å². The smallest absolute Gasteiger partial charge is 0.411 e. The molecule has 1 aliphatic carbocycles. The number of carbonyl (C=O) groups excluding carboxylic acids is 1. The minimum atomic E-state index is -0.608. The highest BCUT2D eigenvalue weighted by Crippen LogP contribution is 2.38. The Hall–Kier alpha value is -3.02. The summed E-state index contributed by atoms with van der Waals surface area (Å²) in [6.07, 6.45) is 3.26. The number of aromatic nitrogens is 2. The Morgan fingerprint density at radius 2 is 1.59 bits per heavy atom. The van der Waals surface area contributed by atoms with Crippen LogP contribution in [0.1, 0.15) is 44.2 Å². The number of ether oxygens (including phenoxy) is 1. The van der Waals surface area contributed by atoms with E-state index in [2.05, 4.69) is 4.98 Å². The van der Waals surface area contributed by atoms with E-state index < -0.39 is 5.60 Å². The van der Waals surface area contributed by atoms with Gasteiger partial charge in [-0.15, -0.1) is 0 Å². The lowest BCUT2D eigenvalue weighted by Gasteiger charge is -2.34. The van der Waals surface area contributed by atoms with Gasteiger partial charge < -0.3 is 14.6 Å². The molecule has 0 spiro atoms. The number of fused-ring (bicyclic) bond motifs is 1. The average Bonchev–Trinajstić information content (AvgIpc) is 3.25. The molecular formula is C23H25N3O3. The van der Waals surface area contributed by atoms with Crippen molar-refractivity contribution in [3.63, 3.8) is 0 Å². The van der Waals surface area contributed by atoms with Gasteiger partial charge >= 0.3 is 11.8 Å². The molecule has 2 heterocycles. The molecule has 1 aromatic heterocycles. The van der Waals surface area contributed by atoms with E-state index in [4.69, 9.17) is 4.74 Å². The summed E-state index contributed by atoms with van der Waals surface area (Å²) in [6, 6.07) is 18.1. The van der Waals surface area contributed by atoms with E-state index >= 15 is 0 Å². The van der Waals surface area contributed by atoms with Crippen LogP contribution in [0, 0.1) is 0 Å². The number of rotatable bonds is 3. The lowest BCUT2D eigenvalue weighted by molar-refractivity contribution is 0.0696. The number of hydrogen-bond acceptors (Lipinski definition) is 3. The van der Waals surface area contributed by atoms with E-state index in [0.717, 1.165) is 42.3 Å². The topological polar surface area (TPSA) is 67.3 Å². The first-order valence-electron chi connectivity index (χ1n) is 10.3. The monoisotopic (exact) mass is 391 g/mol. The molecule has 2 aromatic carbocycles. The van der Waals surface area contributed by atoms with E-state index in [0.29, 0.717) is 6.54 Å². The molecule has 5 rings (SSSR count). The molecule has 2 fully saturated rings. The normalized spacial score (nSPS) is 27.3. The van der Waals surface area contributed by atoms with Crippen molar-refractivity contribution in [2.75, 3.05) is 6.54 Å². The number of aromatic amines is 1. The number of para-hydroxylation sites is 2. The minimum absolute atomic E-state index is 0.0492. The van der Waals surface area contributed by atoms with E-state index in [1.807, 2.05) is 71.0 Å². The van der Waals surface area contributed by atoms with Crippen molar-refractivity contribution >= 4 is 17.1 Å². The zero-order valence-corrected chi connectivity index (χ0v) is 16.5. The van der Waals surface area contributed by atoms with Crippen LogP contribution in [0.25, 0.3) is 11.0 Å². The van der Waals surface area contributed by atoms with Crippen molar-refractivity contribution in [1.82, 2.24) is 14.5 Å². The molecule has 1 unspecified atom stereocenters. The molecule has 1 saturated carbocycles. The summed E-state index contributed by atoms with van der Waals surface area (Å²) >= 11 is 0. The summed E-state index contributed by atoms with van der Waals surface area (Å²) in [5, 5.41) is 0. The fourth-order valence-corrected chi connectivity index (χ4v) is 4.96. The van der Waals surface area contributed by atoms with Gasteiger partial charge in [0, 0.05) is 12.1 Å². The summed E-state index contributed by atoms with van der Waals surface area (Å²) in [4.78, 5) is 30.0. The van der Waals surface area contributed by atoms with Crippen LogP contribution in [-0.2, 0) is 10.3 Å². The molecule has 2 aliphatic rings. The van der Waals surface area contributed by atoms with Crippen LogP contribution in [0.5, 0.6) is 0 Å². The summed E-state index contributed by atoms with van der Waals surface area (Å²) in [7, 11) is 0. The highest BCUT2D eigenvalue weighted by atomic mass is 16.6. The van der Waals surface area contributed by atoms with Crippen molar-refractivity contribution in [2.24, 2.45) is 0 Å². The molecule has 0 radical (unpaired) electrons. The van der Waals surface area contributed by atoms with Gasteiger partial charge in [0.15, 0.2) is 5.60 Å². The molecule has 29 heavy (non-hydrogen) atoms. The quantitative estimate of drug-likeness (QED) is 0.728. The van der Waals surface area contributed by atoms with Crippen LogP contribution in [0.2, 0.25) is 0 Å². The van der Waals surface area contributed by atoms with Gasteiger partial charge in [-0.25, -0.2) is 9.59 Å². The molecule has 3 aromatic rings. The number of H-pyrrole nitrogens is 1. The number of carbonyl (C=O) groups is 1. The Kier molecular flexibility index (Phi) is 4.23. The van der Waals surface area contributed by atoms with Gasteiger partial charge in [-0.05, 0) is 50.3 Å². The maximum absolute atomic E-state index is 12.6. The maximum atomic E-state index is 12.6. The molecular weight excluding hydrogens is 366 g/mol. The molecule has 1 aliphatic heterocycles. The lowest BCUT2D eigenvalue weighted by atomic mass is 9.89. The zero-order chi connectivity index (χ0) is 20.0. The van der Waals surface area contributed by atoms with Gasteiger partial charge in [0.05, 0.1) is 17.6 Å². The summed E-state index contributed by atoms with van der Waals surface area (Å²) in [5.74, 6) is 0. The number of amides is 1. The zero-order valence-electron chi connectivity index (χ0n) is 16.5. The van der Waals surface area contributed by atoms with Gasteiger partial charge in [-0.1, -0.05) is 42.5 Å². The molecule has 1 saturated heterocycles. The summed E-state index contributed by atoms with van der Waals surface area (Å²) in [5.41, 5.74) is 2.20. The number of imidazole rings is 1. The predicted octanol–water partition coefficient (Wildman–Crippen LogP) is 4.18. The molecule has 150 valence electrons. The van der Waals surface area contributed by atoms with Crippen LogP contribution in [-0.4, -0.2) is 33.1 Å². The Bertz CT molecular complexity index is 1100. The Morgan fingerprint density at radius 3 is 2.34 bits per heavy atom. The van der Waals surface area contributed by atoms with Crippen molar-refractivity contribution < 1.29 is 9.53 Å². The fourth-order valence-electron chi connectivity index (χ4n) is 4.96. The van der Waals surface area contributed by atoms with E-state index in [1.54, 1.807) is 0 Å². The number of nitrogens with one attached hydrogen (secondary N) is 1. The minimum Gasteiger partial charge on any atom is -0.436 e. The Labute approximate surface area is 169 Å². The molecule has 6 heteroatoms. The second-order valence-electron chi connectivity index (χ2n) is 8.37. The Morgan fingerprint density at radius 1 is 0.931 bits per heavy atom. The summed E-state index contributed by atoms with van der Waals surface area (Å²) in [6.45, 7) is 2.55. The SMILES string of the molecule is CC1(c2ccccc2)CN(C2CCC(n3c(=O)[nH]c4ccccc43)CC2)C(=O)O1. The highest BCUT2D eigenvalue weighted by molar-refractivity contribution is 5.75. The second-order valence-corrected chi connectivity index (χ2v) is 8.37. The van der Waals surface area contributed by atoms with Crippen molar-refractivity contribution in [3.8, 4) is 0 Å². The van der Waals surface area contributed by atoms with Crippen molar-refractivity contribution in [3.05, 3.63) is 70.6 Å². The largest absolute Gasteiger partial charge is 0.436 e.